The maximum absolute atomic E-state index is 14.1. The Balaban J connectivity index is 1.40. The molecule has 1 heterocycles. The van der Waals surface area contributed by atoms with Crippen molar-refractivity contribution in [1.29, 1.82) is 0 Å². The Morgan fingerprint density at radius 3 is 2.43 bits per heavy atom. The molecule has 2 amide bonds. The molecule has 1 saturated heterocycles. The van der Waals surface area contributed by atoms with Gasteiger partial charge in [0, 0.05) is 28.0 Å². The van der Waals surface area contributed by atoms with E-state index in [1.165, 1.54) is 30.3 Å². The largest absolute Gasteiger partial charge is 0.507 e. The number of benzene rings is 3. The van der Waals surface area contributed by atoms with Gasteiger partial charge in [-0.3, -0.25) is 24.1 Å². The zero-order valence-electron chi connectivity index (χ0n) is 22.5. The van der Waals surface area contributed by atoms with Gasteiger partial charge in [-0.25, -0.2) is 4.79 Å². The standard InChI is InChI=1S/C34H25NO7/c1-16-13-27(37)25-15-24-22(28(30(25)31(16)38)21-11-12-26(36)20-8-3-2-7-19(20)21)9-10-23-29(24)33(40)35(32(23)39)18-6-4-5-17(14-18)34(41)42/h2-9,11-14,23-24,28-29,36H,10,15H2,1H3,(H,41,42)/t23-,24+,28-,29-/m0/s1. The van der Waals surface area contributed by atoms with Gasteiger partial charge in [-0.05, 0) is 67.0 Å². The summed E-state index contributed by atoms with van der Waals surface area (Å²) in [4.78, 5) is 67.5. The summed E-state index contributed by atoms with van der Waals surface area (Å²) < 4.78 is 0. The van der Waals surface area contributed by atoms with Gasteiger partial charge in [0.25, 0.3) is 0 Å². The lowest BCUT2D eigenvalue weighted by atomic mass is 9.59. The number of imide groups is 1. The lowest BCUT2D eigenvalue weighted by molar-refractivity contribution is -0.123. The van der Waals surface area contributed by atoms with Gasteiger partial charge in [-0.15, -0.1) is 0 Å². The Labute approximate surface area is 240 Å². The third kappa shape index (κ3) is 3.57. The minimum Gasteiger partial charge on any atom is -0.507 e. The number of carboxylic acid groups (broad SMARTS) is 1. The highest BCUT2D eigenvalue weighted by Gasteiger charge is 2.56. The number of carboxylic acids is 1. The van der Waals surface area contributed by atoms with Crippen LogP contribution in [0.5, 0.6) is 5.75 Å². The van der Waals surface area contributed by atoms with Crippen molar-refractivity contribution in [2.24, 2.45) is 17.8 Å². The molecule has 4 aliphatic rings. The predicted octanol–water partition coefficient (Wildman–Crippen LogP) is 4.88. The molecule has 0 bridgehead atoms. The van der Waals surface area contributed by atoms with Gasteiger partial charge in [-0.1, -0.05) is 48.0 Å². The maximum atomic E-state index is 14.1. The van der Waals surface area contributed by atoms with Crippen molar-refractivity contribution in [3.05, 3.63) is 106 Å². The minimum absolute atomic E-state index is 0.0398. The topological polar surface area (TPSA) is 129 Å². The minimum atomic E-state index is -1.17. The average Bonchev–Trinajstić information content (AvgIpc) is 3.25. The number of carbonyl (C=O) groups excluding carboxylic acids is 4. The predicted molar refractivity (Wildman–Crippen MR) is 153 cm³/mol. The summed E-state index contributed by atoms with van der Waals surface area (Å²) in [5.41, 5.74) is 2.79. The molecule has 8 nitrogen and oxygen atoms in total. The number of hydrogen-bond acceptors (Lipinski definition) is 6. The Kier molecular flexibility index (Phi) is 5.66. The monoisotopic (exact) mass is 559 g/mol. The van der Waals surface area contributed by atoms with Crippen molar-refractivity contribution in [2.45, 2.75) is 25.7 Å². The molecular weight excluding hydrogens is 534 g/mol. The summed E-state index contributed by atoms with van der Waals surface area (Å²) in [7, 11) is 0. The molecule has 4 atom stereocenters. The van der Waals surface area contributed by atoms with Crippen LogP contribution in [-0.2, 0) is 19.2 Å². The molecule has 42 heavy (non-hydrogen) atoms. The summed E-state index contributed by atoms with van der Waals surface area (Å²) >= 11 is 0. The van der Waals surface area contributed by atoms with Gasteiger partial charge >= 0.3 is 5.97 Å². The molecule has 3 aliphatic carbocycles. The van der Waals surface area contributed by atoms with Crippen molar-refractivity contribution >= 4 is 45.8 Å². The number of Topliss-reactive ketones (excluding diaryl/α,β-unsaturated/α-hetero) is 1. The number of phenols is 1. The van der Waals surface area contributed by atoms with Crippen LogP contribution >= 0.6 is 0 Å². The number of allylic oxidation sites excluding steroid dienone is 6. The van der Waals surface area contributed by atoms with Gasteiger partial charge in [0.2, 0.25) is 11.8 Å². The molecule has 0 spiro atoms. The fourth-order valence-electron chi connectivity index (χ4n) is 7.31. The van der Waals surface area contributed by atoms with E-state index in [2.05, 4.69) is 0 Å². The number of carbonyl (C=O) groups is 5. The van der Waals surface area contributed by atoms with Crippen LogP contribution < -0.4 is 4.90 Å². The van der Waals surface area contributed by atoms with Crippen molar-refractivity contribution in [2.75, 3.05) is 4.90 Å². The Morgan fingerprint density at radius 1 is 0.905 bits per heavy atom. The lowest BCUT2D eigenvalue weighted by Crippen LogP contribution is -2.39. The zero-order chi connectivity index (χ0) is 29.4. The van der Waals surface area contributed by atoms with E-state index in [1.807, 2.05) is 24.3 Å². The smallest absolute Gasteiger partial charge is 0.335 e. The number of fused-ring (bicyclic) bond motifs is 4. The number of hydrogen-bond donors (Lipinski definition) is 2. The van der Waals surface area contributed by atoms with Crippen molar-refractivity contribution < 1.29 is 34.2 Å². The molecule has 2 N–H and O–H groups in total. The van der Waals surface area contributed by atoms with Gasteiger partial charge in [0.15, 0.2) is 11.6 Å². The molecule has 7 rings (SSSR count). The van der Waals surface area contributed by atoms with E-state index in [0.717, 1.165) is 21.4 Å². The van der Waals surface area contributed by atoms with Crippen molar-refractivity contribution in [3.63, 3.8) is 0 Å². The van der Waals surface area contributed by atoms with Crippen LogP contribution in [0, 0.1) is 17.8 Å². The third-order valence-corrected chi connectivity index (χ3v) is 9.16. The van der Waals surface area contributed by atoms with E-state index < -0.39 is 41.5 Å². The maximum Gasteiger partial charge on any atom is 0.335 e. The number of amides is 2. The van der Waals surface area contributed by atoms with Gasteiger partial charge < -0.3 is 10.2 Å². The van der Waals surface area contributed by atoms with E-state index in [1.54, 1.807) is 25.1 Å². The van der Waals surface area contributed by atoms with E-state index in [0.29, 0.717) is 22.1 Å². The van der Waals surface area contributed by atoms with Crippen LogP contribution in [0.3, 0.4) is 0 Å². The van der Waals surface area contributed by atoms with Crippen LogP contribution in [0.2, 0.25) is 0 Å². The summed E-state index contributed by atoms with van der Waals surface area (Å²) in [5, 5.41) is 21.4. The molecule has 3 aromatic rings. The number of rotatable bonds is 3. The number of aromatic hydroxyl groups is 1. The fraction of sp³-hybridized carbons (Fsp3) is 0.206. The summed E-state index contributed by atoms with van der Waals surface area (Å²) in [5.74, 6) is -5.05. The second-order valence-corrected chi connectivity index (χ2v) is 11.3. The van der Waals surface area contributed by atoms with E-state index in [4.69, 9.17) is 0 Å². The number of ketones is 2. The molecule has 1 aliphatic heterocycles. The van der Waals surface area contributed by atoms with E-state index in [9.17, 15) is 34.2 Å². The van der Waals surface area contributed by atoms with Crippen LogP contribution in [0.25, 0.3) is 10.8 Å². The second kappa shape index (κ2) is 9.21. The van der Waals surface area contributed by atoms with Crippen LogP contribution in [0.15, 0.2) is 95.1 Å². The molecule has 0 aromatic heterocycles. The SMILES string of the molecule is CC1=CC(=O)C2=C(C1=O)[C@@H](c1ccc(O)c3ccccc13)C1=CC[C@@H]3C(=O)N(c4cccc(C(=O)O)c4)C(=O)[C@@H]3[C@@H]1C2. The van der Waals surface area contributed by atoms with E-state index in [-0.39, 0.29) is 41.4 Å². The Bertz CT molecular complexity index is 1890. The summed E-state index contributed by atoms with van der Waals surface area (Å²) in [6.45, 7) is 1.62. The fourth-order valence-corrected chi connectivity index (χ4v) is 7.31. The van der Waals surface area contributed by atoms with Crippen molar-refractivity contribution in [3.8, 4) is 5.75 Å². The first-order valence-electron chi connectivity index (χ1n) is 13.8. The van der Waals surface area contributed by atoms with E-state index >= 15 is 0 Å². The molecule has 3 aromatic carbocycles. The first kappa shape index (κ1) is 25.8. The van der Waals surface area contributed by atoms with Gasteiger partial charge in [0.05, 0.1) is 23.1 Å². The molecule has 0 saturated carbocycles. The zero-order valence-corrected chi connectivity index (χ0v) is 22.5. The molecule has 0 radical (unpaired) electrons. The first-order valence-corrected chi connectivity index (χ1v) is 13.8. The van der Waals surface area contributed by atoms with Crippen LogP contribution in [0.4, 0.5) is 5.69 Å². The lowest BCUT2D eigenvalue weighted by Gasteiger charge is -2.42. The highest BCUT2D eigenvalue weighted by atomic mass is 16.4. The number of anilines is 1. The van der Waals surface area contributed by atoms with Crippen LogP contribution in [-0.4, -0.2) is 39.6 Å². The summed E-state index contributed by atoms with van der Waals surface area (Å²) in [6, 6.07) is 16.4. The average molecular weight is 560 g/mol. The first-order chi connectivity index (χ1) is 20.2. The van der Waals surface area contributed by atoms with Gasteiger partial charge in [0.1, 0.15) is 5.75 Å². The number of phenolic OH excluding ortho intramolecular Hbond substituents is 1. The normalized spacial score (nSPS) is 25.2. The second-order valence-electron chi connectivity index (χ2n) is 11.3. The quantitative estimate of drug-likeness (QED) is 0.266. The van der Waals surface area contributed by atoms with Crippen LogP contribution in [0.1, 0.15) is 41.6 Å². The highest BCUT2D eigenvalue weighted by molar-refractivity contribution is 6.25. The van der Waals surface area contributed by atoms with Crippen molar-refractivity contribution in [1.82, 2.24) is 0 Å². The molecule has 208 valence electrons. The molecule has 1 fully saturated rings. The Morgan fingerprint density at radius 2 is 1.67 bits per heavy atom. The molecular formula is C34H25NO7. The third-order valence-electron chi connectivity index (χ3n) is 9.16. The summed E-state index contributed by atoms with van der Waals surface area (Å²) in [6.07, 6.45) is 3.69. The number of nitrogens with zero attached hydrogens (tertiary/aromatic N) is 1. The number of aromatic carboxylic acids is 1. The van der Waals surface area contributed by atoms with Gasteiger partial charge in [-0.2, -0.15) is 0 Å². The highest BCUT2D eigenvalue weighted by Crippen LogP contribution is 2.56. The molecule has 8 heteroatoms. The Hall–Kier alpha value is -5.11. The molecule has 0 unspecified atom stereocenters.